The predicted molar refractivity (Wildman–Crippen MR) is 156 cm³/mol. The molecule has 4 aromatic carbocycles. The summed E-state index contributed by atoms with van der Waals surface area (Å²) in [6.07, 6.45) is 3.82. The topological polar surface area (TPSA) is 59.1 Å². The van der Waals surface area contributed by atoms with E-state index >= 15 is 0 Å². The lowest BCUT2D eigenvalue weighted by molar-refractivity contribution is 0.394. The van der Waals surface area contributed by atoms with Crippen LogP contribution in [0.5, 0.6) is 11.5 Å². The van der Waals surface area contributed by atoms with Crippen LogP contribution in [-0.4, -0.2) is 33.5 Å². The summed E-state index contributed by atoms with van der Waals surface area (Å²) in [4.78, 5) is 2.48. The van der Waals surface area contributed by atoms with Gasteiger partial charge in [0.2, 0.25) is 10.0 Å². The van der Waals surface area contributed by atoms with Crippen molar-refractivity contribution >= 4 is 27.5 Å². The van der Waals surface area contributed by atoms with E-state index in [1.165, 1.54) is 4.31 Å². The molecule has 5 rings (SSSR count). The Labute approximate surface area is 230 Å². The van der Waals surface area contributed by atoms with E-state index in [0.717, 1.165) is 33.6 Å². The summed E-state index contributed by atoms with van der Waals surface area (Å²) in [5.74, 6) is 1.32. The molecule has 0 unspecified atom stereocenters. The molecule has 0 amide bonds. The Balaban J connectivity index is 1.71. The Bertz CT molecular complexity index is 1580. The predicted octanol–water partition coefficient (Wildman–Crippen LogP) is 6.57. The van der Waals surface area contributed by atoms with Crippen LogP contribution in [0.4, 0.5) is 11.4 Å². The number of hydrogen-bond acceptors (Lipinski definition) is 5. The largest absolute Gasteiger partial charge is 0.497 e. The summed E-state index contributed by atoms with van der Waals surface area (Å²) in [5.41, 5.74) is 5.69. The minimum absolute atomic E-state index is 0.206. The Hall–Kier alpha value is -4.07. The first-order valence-electron chi connectivity index (χ1n) is 12.8. The van der Waals surface area contributed by atoms with Crippen LogP contribution in [-0.2, 0) is 23.1 Å². The van der Waals surface area contributed by atoms with Crippen molar-refractivity contribution in [2.24, 2.45) is 0 Å². The summed E-state index contributed by atoms with van der Waals surface area (Å²) in [6.45, 7) is 2.94. The number of methoxy groups -OCH3 is 2. The molecule has 0 saturated carbocycles. The Kier molecular flexibility index (Phi) is 7.72. The number of benzene rings is 4. The van der Waals surface area contributed by atoms with E-state index in [0.29, 0.717) is 18.0 Å². The van der Waals surface area contributed by atoms with Crippen molar-refractivity contribution in [1.82, 2.24) is 4.31 Å². The second-order valence-corrected chi connectivity index (χ2v) is 11.4. The number of fused-ring (bicyclic) bond motifs is 2. The third-order valence-corrected chi connectivity index (χ3v) is 8.73. The summed E-state index contributed by atoms with van der Waals surface area (Å²) in [5, 5.41) is 0. The van der Waals surface area contributed by atoms with Crippen molar-refractivity contribution in [3.8, 4) is 11.5 Å². The van der Waals surface area contributed by atoms with Crippen LogP contribution >= 0.6 is 0 Å². The number of hydrogen-bond donors (Lipinski definition) is 0. The highest BCUT2D eigenvalue weighted by Gasteiger charge is 2.27. The van der Waals surface area contributed by atoms with E-state index in [1.807, 2.05) is 85.8 Å². The summed E-state index contributed by atoms with van der Waals surface area (Å²) in [7, 11) is -0.487. The lowest BCUT2D eigenvalue weighted by Crippen LogP contribution is -2.32. The van der Waals surface area contributed by atoms with Crippen molar-refractivity contribution in [3.63, 3.8) is 0 Å². The molecule has 0 bridgehead atoms. The first kappa shape index (κ1) is 26.5. The molecule has 200 valence electrons. The molecule has 1 aliphatic rings. The van der Waals surface area contributed by atoms with Crippen molar-refractivity contribution in [3.05, 3.63) is 119 Å². The maximum atomic E-state index is 13.8. The van der Waals surface area contributed by atoms with Gasteiger partial charge in [-0.2, -0.15) is 4.31 Å². The van der Waals surface area contributed by atoms with Gasteiger partial charge < -0.3 is 14.4 Å². The smallest absolute Gasteiger partial charge is 0.243 e. The fraction of sp³-hybridized carbons (Fsp3) is 0.188. The molecule has 0 spiro atoms. The Morgan fingerprint density at radius 1 is 0.821 bits per heavy atom. The molecule has 7 heteroatoms. The number of rotatable bonds is 6. The first-order valence-corrected chi connectivity index (χ1v) is 14.2. The van der Waals surface area contributed by atoms with Gasteiger partial charge in [-0.1, -0.05) is 78.4 Å². The number of para-hydroxylation sites is 1. The maximum Gasteiger partial charge on any atom is 0.243 e. The molecule has 0 N–H and O–H groups in total. The second kappa shape index (κ2) is 11.4. The molecule has 0 saturated heterocycles. The fourth-order valence-electron chi connectivity index (χ4n) is 4.82. The quantitative estimate of drug-likeness (QED) is 0.277. The summed E-state index contributed by atoms with van der Waals surface area (Å²) in [6, 6.07) is 29.0. The highest BCUT2D eigenvalue weighted by Crippen LogP contribution is 2.41. The van der Waals surface area contributed by atoms with Crippen LogP contribution in [0.15, 0.2) is 102 Å². The first-order chi connectivity index (χ1) is 18.9. The minimum Gasteiger partial charge on any atom is -0.497 e. The van der Waals surface area contributed by atoms with Crippen molar-refractivity contribution in [2.45, 2.75) is 24.9 Å². The molecular formula is C32H32N2O4S. The molecule has 1 heterocycles. The van der Waals surface area contributed by atoms with E-state index in [9.17, 15) is 8.42 Å². The molecule has 0 fully saturated rings. The zero-order valence-electron chi connectivity index (χ0n) is 22.4. The van der Waals surface area contributed by atoms with Crippen LogP contribution in [0.1, 0.15) is 22.3 Å². The van der Waals surface area contributed by atoms with Crippen LogP contribution in [0.3, 0.4) is 0 Å². The number of nitrogens with zero attached hydrogens (tertiary/aromatic N) is 2. The highest BCUT2D eigenvalue weighted by atomic mass is 32.2. The van der Waals surface area contributed by atoms with Crippen molar-refractivity contribution < 1.29 is 17.9 Å². The average Bonchev–Trinajstić information content (AvgIpc) is 2.96. The van der Waals surface area contributed by atoms with Gasteiger partial charge in [0.05, 0.1) is 24.8 Å². The van der Waals surface area contributed by atoms with Crippen LogP contribution < -0.4 is 14.4 Å². The summed E-state index contributed by atoms with van der Waals surface area (Å²) < 4.78 is 40.6. The zero-order valence-corrected chi connectivity index (χ0v) is 23.2. The van der Waals surface area contributed by atoms with E-state index in [2.05, 4.69) is 17.0 Å². The molecular weight excluding hydrogens is 508 g/mol. The van der Waals surface area contributed by atoms with E-state index in [1.54, 1.807) is 26.4 Å². The van der Waals surface area contributed by atoms with Gasteiger partial charge in [0, 0.05) is 43.0 Å². The monoisotopic (exact) mass is 540 g/mol. The molecule has 4 aromatic rings. The van der Waals surface area contributed by atoms with Gasteiger partial charge in [0.25, 0.3) is 0 Å². The number of aryl methyl sites for hydroxylation is 1. The minimum atomic E-state index is -3.76. The standard InChI is InChI=1S/C32H32N2O4S/c1-24-15-17-28(18-16-24)39(35,36)33-19-9-13-29-31(20-27(37-2)21-32(29)38-3)34(22-25-10-5-4-6-11-25)30-14-8-7-12-26(30)23-33/h4-18,20-21H,19,22-23H2,1-3H3/b13-9-. The lowest BCUT2D eigenvalue weighted by Gasteiger charge is -2.32. The maximum absolute atomic E-state index is 13.8. The Morgan fingerprint density at radius 3 is 2.26 bits per heavy atom. The SMILES string of the molecule is COc1cc(OC)c2c(c1)N(Cc1ccccc1)c1ccccc1CN(S(=O)(=O)c1ccc(C)cc1)C/C=C\2. The van der Waals surface area contributed by atoms with Crippen molar-refractivity contribution in [2.75, 3.05) is 25.7 Å². The van der Waals surface area contributed by atoms with Crippen LogP contribution in [0.2, 0.25) is 0 Å². The van der Waals surface area contributed by atoms with Gasteiger partial charge in [-0.05, 0) is 36.2 Å². The lowest BCUT2D eigenvalue weighted by atomic mass is 10.0. The molecule has 0 atom stereocenters. The van der Waals surface area contributed by atoms with Gasteiger partial charge in [-0.25, -0.2) is 8.42 Å². The van der Waals surface area contributed by atoms with Gasteiger partial charge in [0.1, 0.15) is 11.5 Å². The van der Waals surface area contributed by atoms with Gasteiger partial charge >= 0.3 is 0 Å². The summed E-state index contributed by atoms with van der Waals surface area (Å²) >= 11 is 0. The van der Waals surface area contributed by atoms with Gasteiger partial charge in [0.15, 0.2) is 0 Å². The van der Waals surface area contributed by atoms with E-state index < -0.39 is 10.0 Å². The molecule has 1 aliphatic heterocycles. The van der Waals surface area contributed by atoms with Crippen LogP contribution in [0, 0.1) is 6.92 Å². The third kappa shape index (κ3) is 5.55. The third-order valence-electron chi connectivity index (χ3n) is 6.91. The molecule has 0 aliphatic carbocycles. The molecule has 6 nitrogen and oxygen atoms in total. The van der Waals surface area contributed by atoms with Crippen LogP contribution in [0.25, 0.3) is 6.08 Å². The highest BCUT2D eigenvalue weighted by molar-refractivity contribution is 7.89. The van der Waals surface area contributed by atoms with E-state index in [4.69, 9.17) is 9.47 Å². The molecule has 0 radical (unpaired) electrons. The van der Waals surface area contributed by atoms with Crippen molar-refractivity contribution in [1.29, 1.82) is 0 Å². The zero-order chi connectivity index (χ0) is 27.4. The molecule has 0 aromatic heterocycles. The average molecular weight is 541 g/mol. The van der Waals surface area contributed by atoms with Gasteiger partial charge in [-0.15, -0.1) is 0 Å². The second-order valence-electron chi connectivity index (χ2n) is 9.48. The number of sulfonamides is 1. The number of anilines is 2. The Morgan fingerprint density at radius 2 is 1.54 bits per heavy atom. The molecule has 39 heavy (non-hydrogen) atoms. The van der Waals surface area contributed by atoms with Gasteiger partial charge in [-0.3, -0.25) is 0 Å². The number of ether oxygens (including phenoxy) is 2. The van der Waals surface area contributed by atoms with E-state index in [-0.39, 0.29) is 18.0 Å². The normalized spacial score (nSPS) is 14.7. The fourth-order valence-corrected chi connectivity index (χ4v) is 6.19.